The van der Waals surface area contributed by atoms with Gasteiger partial charge in [-0.15, -0.1) is 0 Å². The number of aliphatic hydroxyl groups is 1. The molecule has 0 amide bonds. The largest absolute Gasteiger partial charge is 0.491 e. The monoisotopic (exact) mass is 265 g/mol. The number of nitrogens with two attached hydrogens (primary N) is 1. The number of β-amino-alcohol motifs (C(OH)–C–C–N with tert-alkyl or cyclic N) is 1. The zero-order valence-corrected chi connectivity index (χ0v) is 11.5. The number of anilines is 1. The third-order valence-corrected chi connectivity index (χ3v) is 3.39. The Balaban J connectivity index is 1.69. The number of ether oxygens (including phenoxy) is 1. The zero-order chi connectivity index (χ0) is 13.7. The van der Waals surface area contributed by atoms with E-state index >= 15 is 0 Å². The molecular formula is C14H23N3O2. The molecule has 1 unspecified atom stereocenters. The van der Waals surface area contributed by atoms with E-state index < -0.39 is 6.10 Å². The molecule has 106 valence electrons. The first kappa shape index (κ1) is 14.1. The summed E-state index contributed by atoms with van der Waals surface area (Å²) in [5.41, 5.74) is 6.32. The van der Waals surface area contributed by atoms with E-state index in [1.165, 1.54) is 0 Å². The average molecular weight is 265 g/mol. The van der Waals surface area contributed by atoms with Crippen molar-refractivity contribution in [2.45, 2.75) is 6.10 Å². The Morgan fingerprint density at radius 3 is 2.47 bits per heavy atom. The van der Waals surface area contributed by atoms with Crippen molar-refractivity contribution >= 4 is 5.69 Å². The standard InChI is InChI=1S/C14H23N3O2/c1-16-6-8-17(9-7-16)10-13(18)11-19-14-4-2-12(15)3-5-14/h2-5,13,18H,6-11,15H2,1H3. The Morgan fingerprint density at radius 2 is 1.84 bits per heavy atom. The highest BCUT2D eigenvalue weighted by Gasteiger charge is 2.17. The lowest BCUT2D eigenvalue weighted by Crippen LogP contribution is -2.47. The maximum Gasteiger partial charge on any atom is 0.119 e. The maximum absolute atomic E-state index is 9.98. The van der Waals surface area contributed by atoms with Crippen molar-refractivity contribution in [3.05, 3.63) is 24.3 Å². The van der Waals surface area contributed by atoms with Crippen molar-refractivity contribution in [1.29, 1.82) is 0 Å². The Kier molecular flexibility index (Phi) is 5.01. The number of rotatable bonds is 5. The minimum atomic E-state index is -0.457. The topological polar surface area (TPSA) is 62.0 Å². The van der Waals surface area contributed by atoms with E-state index in [2.05, 4.69) is 16.8 Å². The van der Waals surface area contributed by atoms with Gasteiger partial charge in [0.05, 0.1) is 0 Å². The fraction of sp³-hybridized carbons (Fsp3) is 0.571. The normalized spacial score (nSPS) is 19.3. The van der Waals surface area contributed by atoms with Gasteiger partial charge in [0.1, 0.15) is 18.5 Å². The van der Waals surface area contributed by atoms with Gasteiger partial charge >= 0.3 is 0 Å². The van der Waals surface area contributed by atoms with Crippen molar-refractivity contribution in [2.75, 3.05) is 52.1 Å². The van der Waals surface area contributed by atoms with E-state index in [4.69, 9.17) is 10.5 Å². The summed E-state index contributed by atoms with van der Waals surface area (Å²) >= 11 is 0. The van der Waals surface area contributed by atoms with Crippen LogP contribution in [0.5, 0.6) is 5.75 Å². The van der Waals surface area contributed by atoms with E-state index in [0.29, 0.717) is 18.8 Å². The summed E-state index contributed by atoms with van der Waals surface area (Å²) in [5.74, 6) is 0.742. The van der Waals surface area contributed by atoms with Crippen LogP contribution in [0.1, 0.15) is 0 Å². The molecule has 0 aromatic heterocycles. The lowest BCUT2D eigenvalue weighted by molar-refractivity contribution is 0.0505. The first-order valence-electron chi connectivity index (χ1n) is 6.71. The van der Waals surface area contributed by atoms with Crippen LogP contribution in [0.3, 0.4) is 0 Å². The summed E-state index contributed by atoms with van der Waals surface area (Å²) in [6, 6.07) is 7.22. The van der Waals surface area contributed by atoms with Crippen LogP contribution < -0.4 is 10.5 Å². The number of aliphatic hydroxyl groups excluding tert-OH is 1. The van der Waals surface area contributed by atoms with E-state index in [1.807, 2.05) is 12.1 Å². The third kappa shape index (κ3) is 4.70. The predicted molar refractivity (Wildman–Crippen MR) is 76.3 cm³/mol. The highest BCUT2D eigenvalue weighted by Crippen LogP contribution is 2.13. The first-order valence-corrected chi connectivity index (χ1v) is 6.71. The summed E-state index contributed by atoms with van der Waals surface area (Å²) in [6.07, 6.45) is -0.457. The number of benzene rings is 1. The highest BCUT2D eigenvalue weighted by molar-refractivity contribution is 5.41. The smallest absolute Gasteiger partial charge is 0.119 e. The van der Waals surface area contributed by atoms with E-state index in [-0.39, 0.29) is 0 Å². The zero-order valence-electron chi connectivity index (χ0n) is 11.5. The number of nitrogen functional groups attached to an aromatic ring is 1. The molecule has 0 spiro atoms. The van der Waals surface area contributed by atoms with Gasteiger partial charge in [-0.05, 0) is 31.3 Å². The van der Waals surface area contributed by atoms with Crippen LogP contribution >= 0.6 is 0 Å². The molecule has 19 heavy (non-hydrogen) atoms. The van der Waals surface area contributed by atoms with Crippen LogP contribution in [0.4, 0.5) is 5.69 Å². The van der Waals surface area contributed by atoms with Gasteiger partial charge < -0.3 is 20.5 Å². The molecule has 1 aliphatic rings. The summed E-state index contributed by atoms with van der Waals surface area (Å²) in [7, 11) is 2.12. The van der Waals surface area contributed by atoms with Gasteiger partial charge in [-0.3, -0.25) is 4.90 Å². The number of piperazine rings is 1. The molecular weight excluding hydrogens is 242 g/mol. The van der Waals surface area contributed by atoms with Gasteiger partial charge in [0.15, 0.2) is 0 Å². The predicted octanol–water partition coefficient (Wildman–Crippen LogP) is 0.256. The summed E-state index contributed by atoms with van der Waals surface area (Å²) < 4.78 is 5.54. The second-order valence-corrected chi connectivity index (χ2v) is 5.14. The first-order chi connectivity index (χ1) is 9.13. The molecule has 5 nitrogen and oxygen atoms in total. The molecule has 1 aromatic carbocycles. The fourth-order valence-corrected chi connectivity index (χ4v) is 2.14. The van der Waals surface area contributed by atoms with E-state index in [1.54, 1.807) is 12.1 Å². The van der Waals surface area contributed by atoms with Gasteiger partial charge in [0.25, 0.3) is 0 Å². The Labute approximate surface area is 114 Å². The lowest BCUT2D eigenvalue weighted by atomic mass is 10.2. The summed E-state index contributed by atoms with van der Waals surface area (Å²) in [4.78, 5) is 4.57. The average Bonchev–Trinajstić information content (AvgIpc) is 2.41. The number of hydrogen-bond donors (Lipinski definition) is 2. The minimum absolute atomic E-state index is 0.316. The molecule has 2 rings (SSSR count). The summed E-state index contributed by atoms with van der Waals surface area (Å²) in [6.45, 7) is 5.13. The van der Waals surface area contributed by atoms with Crippen molar-refractivity contribution < 1.29 is 9.84 Å². The maximum atomic E-state index is 9.98. The van der Waals surface area contributed by atoms with Crippen LogP contribution in [0.15, 0.2) is 24.3 Å². The van der Waals surface area contributed by atoms with Gasteiger partial charge in [0.2, 0.25) is 0 Å². The van der Waals surface area contributed by atoms with Crippen molar-refractivity contribution in [2.24, 2.45) is 0 Å². The third-order valence-electron chi connectivity index (χ3n) is 3.39. The van der Waals surface area contributed by atoms with Gasteiger partial charge in [0, 0.05) is 38.4 Å². The van der Waals surface area contributed by atoms with Crippen LogP contribution in [-0.4, -0.2) is 67.4 Å². The molecule has 1 saturated heterocycles. The summed E-state index contributed by atoms with van der Waals surface area (Å²) in [5, 5.41) is 9.98. The van der Waals surface area contributed by atoms with Crippen molar-refractivity contribution in [3.8, 4) is 5.75 Å². The van der Waals surface area contributed by atoms with Gasteiger partial charge in [-0.25, -0.2) is 0 Å². The molecule has 0 saturated carbocycles. The fourth-order valence-electron chi connectivity index (χ4n) is 2.14. The molecule has 3 N–H and O–H groups in total. The SMILES string of the molecule is CN1CCN(CC(O)COc2ccc(N)cc2)CC1. The molecule has 0 aliphatic carbocycles. The Morgan fingerprint density at radius 1 is 1.21 bits per heavy atom. The van der Waals surface area contributed by atoms with E-state index in [9.17, 15) is 5.11 Å². The molecule has 1 atom stereocenters. The molecule has 1 heterocycles. The Hall–Kier alpha value is -1.30. The molecule has 1 aromatic rings. The van der Waals surface area contributed by atoms with Crippen LogP contribution in [0.25, 0.3) is 0 Å². The lowest BCUT2D eigenvalue weighted by Gasteiger charge is -2.33. The van der Waals surface area contributed by atoms with Crippen molar-refractivity contribution in [3.63, 3.8) is 0 Å². The molecule has 5 heteroatoms. The van der Waals surface area contributed by atoms with Crippen LogP contribution in [0.2, 0.25) is 0 Å². The van der Waals surface area contributed by atoms with Crippen LogP contribution in [0, 0.1) is 0 Å². The number of likely N-dealkylation sites (N-methyl/N-ethyl adjacent to an activating group) is 1. The Bertz CT molecular complexity index is 375. The highest BCUT2D eigenvalue weighted by atomic mass is 16.5. The number of nitrogens with zero attached hydrogens (tertiary/aromatic N) is 2. The van der Waals surface area contributed by atoms with Crippen molar-refractivity contribution in [1.82, 2.24) is 9.80 Å². The van der Waals surface area contributed by atoms with Gasteiger partial charge in [-0.2, -0.15) is 0 Å². The number of hydrogen-bond acceptors (Lipinski definition) is 5. The molecule has 1 fully saturated rings. The molecule has 0 bridgehead atoms. The van der Waals surface area contributed by atoms with Gasteiger partial charge in [-0.1, -0.05) is 0 Å². The van der Waals surface area contributed by atoms with Crippen LogP contribution in [-0.2, 0) is 0 Å². The second-order valence-electron chi connectivity index (χ2n) is 5.14. The van der Waals surface area contributed by atoms with E-state index in [0.717, 1.165) is 31.9 Å². The second kappa shape index (κ2) is 6.75. The molecule has 0 radical (unpaired) electrons. The molecule has 1 aliphatic heterocycles. The quantitative estimate of drug-likeness (QED) is 0.748. The minimum Gasteiger partial charge on any atom is -0.491 e.